The SMILES string of the molecule is Cc1cc(C)c(NC(C)C(=O)O)c(C)c1. The first kappa shape index (κ1) is 11.6. The van der Waals surface area contributed by atoms with Crippen LogP contribution in [0.4, 0.5) is 5.69 Å². The summed E-state index contributed by atoms with van der Waals surface area (Å²) in [5.41, 5.74) is 4.29. The Morgan fingerprint density at radius 2 is 1.73 bits per heavy atom. The normalized spacial score (nSPS) is 12.3. The summed E-state index contributed by atoms with van der Waals surface area (Å²) in [5.74, 6) is -0.839. The Kier molecular flexibility index (Phi) is 3.35. The van der Waals surface area contributed by atoms with Gasteiger partial charge in [-0.15, -0.1) is 0 Å². The van der Waals surface area contributed by atoms with Crippen LogP contribution in [0.3, 0.4) is 0 Å². The van der Waals surface area contributed by atoms with Gasteiger partial charge in [0.15, 0.2) is 0 Å². The summed E-state index contributed by atoms with van der Waals surface area (Å²) in [4.78, 5) is 10.7. The molecule has 0 radical (unpaired) electrons. The molecule has 0 heterocycles. The Bertz CT molecular complexity index is 362. The molecule has 3 nitrogen and oxygen atoms in total. The Labute approximate surface area is 90.1 Å². The molecule has 1 aromatic rings. The Balaban J connectivity index is 3.00. The molecule has 1 rings (SSSR count). The first-order valence-electron chi connectivity index (χ1n) is 4.99. The zero-order valence-corrected chi connectivity index (χ0v) is 9.59. The molecule has 1 atom stereocenters. The minimum absolute atomic E-state index is 0.565. The van der Waals surface area contributed by atoms with E-state index in [0.29, 0.717) is 0 Å². The molecule has 0 spiro atoms. The molecule has 0 amide bonds. The van der Waals surface area contributed by atoms with Crippen molar-refractivity contribution in [2.24, 2.45) is 0 Å². The van der Waals surface area contributed by atoms with Crippen molar-refractivity contribution in [2.45, 2.75) is 33.7 Å². The van der Waals surface area contributed by atoms with Gasteiger partial charge in [-0.05, 0) is 38.8 Å². The third-order valence-corrected chi connectivity index (χ3v) is 2.41. The number of carbonyl (C=O) groups is 1. The topological polar surface area (TPSA) is 49.3 Å². The van der Waals surface area contributed by atoms with Crippen LogP contribution < -0.4 is 5.32 Å². The number of benzene rings is 1. The number of hydrogen-bond acceptors (Lipinski definition) is 2. The fourth-order valence-electron chi connectivity index (χ4n) is 1.69. The van der Waals surface area contributed by atoms with Gasteiger partial charge in [0.05, 0.1) is 0 Å². The van der Waals surface area contributed by atoms with E-state index in [0.717, 1.165) is 16.8 Å². The summed E-state index contributed by atoms with van der Waals surface area (Å²) in [6.45, 7) is 7.64. The van der Waals surface area contributed by atoms with Gasteiger partial charge >= 0.3 is 5.97 Å². The molecule has 82 valence electrons. The number of carboxylic acids is 1. The lowest BCUT2D eigenvalue weighted by Gasteiger charge is -2.16. The Hall–Kier alpha value is -1.51. The summed E-state index contributed by atoms with van der Waals surface area (Å²) in [7, 11) is 0. The zero-order valence-electron chi connectivity index (χ0n) is 9.59. The number of hydrogen-bond donors (Lipinski definition) is 2. The van der Waals surface area contributed by atoms with Crippen molar-refractivity contribution in [1.29, 1.82) is 0 Å². The lowest BCUT2D eigenvalue weighted by Crippen LogP contribution is -2.26. The second kappa shape index (κ2) is 4.34. The van der Waals surface area contributed by atoms with E-state index in [1.54, 1.807) is 6.92 Å². The largest absolute Gasteiger partial charge is 0.480 e. The minimum Gasteiger partial charge on any atom is -0.480 e. The van der Waals surface area contributed by atoms with Gasteiger partial charge < -0.3 is 10.4 Å². The summed E-state index contributed by atoms with van der Waals surface area (Å²) in [6, 6.07) is 3.53. The Morgan fingerprint density at radius 1 is 1.27 bits per heavy atom. The van der Waals surface area contributed by atoms with Crippen molar-refractivity contribution in [3.8, 4) is 0 Å². The average molecular weight is 207 g/mol. The monoisotopic (exact) mass is 207 g/mol. The summed E-state index contributed by atoms with van der Waals surface area (Å²) < 4.78 is 0. The molecular formula is C12H17NO2. The maximum atomic E-state index is 10.7. The molecule has 1 aromatic carbocycles. The fraction of sp³-hybridized carbons (Fsp3) is 0.417. The average Bonchev–Trinajstić information content (AvgIpc) is 2.10. The van der Waals surface area contributed by atoms with Crippen molar-refractivity contribution in [1.82, 2.24) is 0 Å². The van der Waals surface area contributed by atoms with Crippen LogP contribution in [0.1, 0.15) is 23.6 Å². The second-order valence-electron chi connectivity index (χ2n) is 3.98. The summed E-state index contributed by atoms with van der Waals surface area (Å²) in [6.07, 6.45) is 0. The van der Waals surface area contributed by atoms with Crippen LogP contribution in [0.25, 0.3) is 0 Å². The third-order valence-electron chi connectivity index (χ3n) is 2.41. The quantitative estimate of drug-likeness (QED) is 0.800. The number of nitrogens with one attached hydrogen (secondary N) is 1. The molecular weight excluding hydrogens is 190 g/mol. The van der Waals surface area contributed by atoms with Crippen LogP contribution in [0, 0.1) is 20.8 Å². The van der Waals surface area contributed by atoms with E-state index in [9.17, 15) is 4.79 Å². The van der Waals surface area contributed by atoms with Gasteiger partial charge in [-0.2, -0.15) is 0 Å². The highest BCUT2D eigenvalue weighted by atomic mass is 16.4. The Morgan fingerprint density at radius 3 is 2.13 bits per heavy atom. The highest BCUT2D eigenvalue weighted by Gasteiger charge is 2.12. The van der Waals surface area contributed by atoms with Gasteiger partial charge in [0.2, 0.25) is 0 Å². The number of carboxylic acid groups (broad SMARTS) is 1. The van der Waals surface area contributed by atoms with E-state index >= 15 is 0 Å². The molecule has 0 aliphatic rings. The third kappa shape index (κ3) is 2.72. The molecule has 3 heteroatoms. The predicted molar refractivity (Wildman–Crippen MR) is 61.4 cm³/mol. The molecule has 1 unspecified atom stereocenters. The lowest BCUT2D eigenvalue weighted by atomic mass is 10.0. The molecule has 0 aliphatic heterocycles. The van der Waals surface area contributed by atoms with Gasteiger partial charge in [-0.25, -0.2) is 0 Å². The summed E-state index contributed by atoms with van der Waals surface area (Å²) >= 11 is 0. The fourth-order valence-corrected chi connectivity index (χ4v) is 1.69. The van der Waals surface area contributed by atoms with Gasteiger partial charge in [0, 0.05) is 5.69 Å². The number of aryl methyl sites for hydroxylation is 3. The molecule has 0 aromatic heterocycles. The smallest absolute Gasteiger partial charge is 0.325 e. The van der Waals surface area contributed by atoms with Gasteiger partial charge in [-0.1, -0.05) is 17.7 Å². The molecule has 0 saturated heterocycles. The van der Waals surface area contributed by atoms with Crippen LogP contribution in [-0.2, 0) is 4.79 Å². The van der Waals surface area contributed by atoms with Crippen LogP contribution in [0.2, 0.25) is 0 Å². The standard InChI is InChI=1S/C12H17NO2/c1-7-5-8(2)11(9(3)6-7)13-10(4)12(14)15/h5-6,10,13H,1-4H3,(H,14,15). The van der Waals surface area contributed by atoms with Crippen LogP contribution in [0.5, 0.6) is 0 Å². The number of rotatable bonds is 3. The lowest BCUT2D eigenvalue weighted by molar-refractivity contribution is -0.137. The van der Waals surface area contributed by atoms with Crippen molar-refractivity contribution in [3.05, 3.63) is 28.8 Å². The van der Waals surface area contributed by atoms with Crippen LogP contribution in [0.15, 0.2) is 12.1 Å². The minimum atomic E-state index is -0.839. The summed E-state index contributed by atoms with van der Waals surface area (Å²) in [5, 5.41) is 11.8. The van der Waals surface area contributed by atoms with Gasteiger partial charge in [0.25, 0.3) is 0 Å². The maximum Gasteiger partial charge on any atom is 0.325 e. The van der Waals surface area contributed by atoms with E-state index in [2.05, 4.69) is 5.32 Å². The number of aliphatic carboxylic acids is 1. The van der Waals surface area contributed by atoms with E-state index in [1.165, 1.54) is 5.56 Å². The second-order valence-corrected chi connectivity index (χ2v) is 3.98. The molecule has 0 fully saturated rings. The predicted octanol–water partition coefficient (Wildman–Crippen LogP) is 2.50. The maximum absolute atomic E-state index is 10.7. The van der Waals surface area contributed by atoms with Crippen molar-refractivity contribution in [3.63, 3.8) is 0 Å². The highest BCUT2D eigenvalue weighted by molar-refractivity contribution is 5.77. The highest BCUT2D eigenvalue weighted by Crippen LogP contribution is 2.22. The van der Waals surface area contributed by atoms with E-state index in [4.69, 9.17) is 5.11 Å². The van der Waals surface area contributed by atoms with Crippen molar-refractivity contribution >= 4 is 11.7 Å². The van der Waals surface area contributed by atoms with E-state index < -0.39 is 12.0 Å². The van der Waals surface area contributed by atoms with Crippen molar-refractivity contribution < 1.29 is 9.90 Å². The zero-order chi connectivity index (χ0) is 11.6. The van der Waals surface area contributed by atoms with Gasteiger partial charge in [0.1, 0.15) is 6.04 Å². The number of anilines is 1. The van der Waals surface area contributed by atoms with Crippen molar-refractivity contribution in [2.75, 3.05) is 5.32 Å². The molecule has 0 saturated carbocycles. The van der Waals surface area contributed by atoms with Crippen LogP contribution in [-0.4, -0.2) is 17.1 Å². The molecule has 0 bridgehead atoms. The van der Waals surface area contributed by atoms with E-state index in [1.807, 2.05) is 32.9 Å². The molecule has 15 heavy (non-hydrogen) atoms. The van der Waals surface area contributed by atoms with E-state index in [-0.39, 0.29) is 0 Å². The van der Waals surface area contributed by atoms with Gasteiger partial charge in [-0.3, -0.25) is 4.79 Å². The van der Waals surface area contributed by atoms with Crippen LogP contribution >= 0.6 is 0 Å². The molecule has 0 aliphatic carbocycles. The first-order valence-corrected chi connectivity index (χ1v) is 4.99. The first-order chi connectivity index (χ1) is 6.91. The molecule has 2 N–H and O–H groups in total.